The molecule has 0 bridgehead atoms. The zero-order valence-corrected chi connectivity index (χ0v) is 24.2. The largest absolute Gasteiger partial charge is 0.497 e. The van der Waals surface area contributed by atoms with Gasteiger partial charge < -0.3 is 15.0 Å². The van der Waals surface area contributed by atoms with Gasteiger partial charge in [0, 0.05) is 58.3 Å². The minimum atomic E-state index is -0.147. The summed E-state index contributed by atoms with van der Waals surface area (Å²) in [6.45, 7) is 7.11. The number of carbonyl (C=O) groups is 1. The fourth-order valence-electron chi connectivity index (χ4n) is 6.39. The lowest BCUT2D eigenvalue weighted by atomic mass is 9.86. The summed E-state index contributed by atoms with van der Waals surface area (Å²) < 4.78 is 19.6. The molecule has 2 atom stereocenters. The zero-order valence-electron chi connectivity index (χ0n) is 24.2. The van der Waals surface area contributed by atoms with E-state index in [9.17, 15) is 9.18 Å². The summed E-state index contributed by atoms with van der Waals surface area (Å²) in [6, 6.07) is 26.2. The molecule has 2 saturated heterocycles. The van der Waals surface area contributed by atoms with E-state index in [2.05, 4.69) is 50.3 Å². The number of amides is 1. The van der Waals surface area contributed by atoms with Crippen LogP contribution >= 0.6 is 0 Å². The van der Waals surface area contributed by atoms with Crippen molar-refractivity contribution in [2.45, 2.75) is 38.3 Å². The fraction of sp³-hybridized carbons (Fsp3) is 0.441. The smallest absolute Gasteiger partial charge is 0.220 e. The molecule has 3 aromatic rings. The molecule has 2 fully saturated rings. The topological polar surface area (TPSA) is 48.1 Å². The summed E-state index contributed by atoms with van der Waals surface area (Å²) in [5.74, 6) is 1.24. The second-order valence-electron chi connectivity index (χ2n) is 11.3. The first-order valence-electron chi connectivity index (χ1n) is 15.0. The minimum Gasteiger partial charge on any atom is -0.497 e. The number of methoxy groups -OCH3 is 1. The molecule has 41 heavy (non-hydrogen) atoms. The normalized spacial score (nSPS) is 20.1. The molecular formula is C34H43FN4O2. The molecule has 7 heteroatoms. The molecule has 2 aliphatic heterocycles. The number of para-hydroxylation sites is 1. The van der Waals surface area contributed by atoms with E-state index in [1.165, 1.54) is 11.1 Å². The highest BCUT2D eigenvalue weighted by Gasteiger charge is 2.35. The summed E-state index contributed by atoms with van der Waals surface area (Å²) in [6.07, 6.45) is 3.31. The first kappa shape index (κ1) is 29.1. The number of anilines is 1. The molecule has 0 unspecified atom stereocenters. The number of carbonyl (C=O) groups excluding carboxylic acids is 1. The highest BCUT2D eigenvalue weighted by atomic mass is 19.1. The van der Waals surface area contributed by atoms with Gasteiger partial charge in [-0.3, -0.25) is 14.6 Å². The number of nitrogens with one attached hydrogen (secondary N) is 1. The molecule has 5 rings (SSSR count). The monoisotopic (exact) mass is 558 g/mol. The standard InChI is InChI=1S/C34H43FN4O2/c1-41-30-14-11-27(12-15-30)17-19-36-34(40)16-13-29-26-37(25-28-7-3-2-4-8-28)20-18-32(29)38-21-23-39(24-22-38)33-10-6-5-9-31(33)35/h2-12,14-15,29,32H,13,16-26H2,1H3,(H,36,40)/t29-,32+/m0/s1. The third-order valence-electron chi connectivity index (χ3n) is 8.64. The average molecular weight is 559 g/mol. The van der Waals surface area contributed by atoms with Crippen LogP contribution in [0.2, 0.25) is 0 Å². The lowest BCUT2D eigenvalue weighted by Gasteiger charge is -2.47. The molecule has 0 aliphatic carbocycles. The maximum atomic E-state index is 14.4. The lowest BCUT2D eigenvalue weighted by molar-refractivity contribution is -0.121. The molecular weight excluding hydrogens is 515 g/mol. The molecule has 0 aromatic heterocycles. The molecule has 1 amide bonds. The number of piperidine rings is 1. The van der Waals surface area contributed by atoms with Crippen LogP contribution in [0.15, 0.2) is 78.9 Å². The van der Waals surface area contributed by atoms with Crippen molar-refractivity contribution in [3.8, 4) is 5.75 Å². The van der Waals surface area contributed by atoms with E-state index in [-0.39, 0.29) is 11.7 Å². The van der Waals surface area contributed by atoms with E-state index in [0.717, 1.165) is 70.8 Å². The summed E-state index contributed by atoms with van der Waals surface area (Å²) in [5.41, 5.74) is 3.22. The zero-order chi connectivity index (χ0) is 28.4. The predicted molar refractivity (Wildman–Crippen MR) is 163 cm³/mol. The van der Waals surface area contributed by atoms with Gasteiger partial charge in [0.2, 0.25) is 5.91 Å². The predicted octanol–water partition coefficient (Wildman–Crippen LogP) is 4.99. The van der Waals surface area contributed by atoms with Gasteiger partial charge >= 0.3 is 0 Å². The summed E-state index contributed by atoms with van der Waals surface area (Å²) >= 11 is 0. The molecule has 218 valence electrons. The van der Waals surface area contributed by atoms with Crippen molar-refractivity contribution in [1.29, 1.82) is 0 Å². The van der Waals surface area contributed by atoms with E-state index in [1.807, 2.05) is 36.4 Å². The van der Waals surface area contributed by atoms with Crippen LogP contribution in [0.5, 0.6) is 5.75 Å². The number of piperazine rings is 1. The third kappa shape index (κ3) is 8.08. The molecule has 2 heterocycles. The SMILES string of the molecule is COc1ccc(CCNC(=O)CC[C@H]2CN(Cc3ccccc3)CC[C@H]2N2CCN(c3ccccc3F)CC2)cc1. The second kappa shape index (κ2) is 14.5. The Morgan fingerprint density at radius 2 is 1.63 bits per heavy atom. The summed E-state index contributed by atoms with van der Waals surface area (Å²) in [7, 11) is 1.67. The molecule has 6 nitrogen and oxygen atoms in total. The van der Waals surface area contributed by atoms with Crippen LogP contribution in [0, 0.1) is 11.7 Å². The van der Waals surface area contributed by atoms with Crippen LogP contribution in [0.3, 0.4) is 0 Å². The van der Waals surface area contributed by atoms with E-state index in [0.29, 0.717) is 30.6 Å². The van der Waals surface area contributed by atoms with Crippen molar-refractivity contribution in [3.63, 3.8) is 0 Å². The first-order chi connectivity index (χ1) is 20.1. The molecule has 2 aliphatic rings. The Balaban J connectivity index is 1.16. The summed E-state index contributed by atoms with van der Waals surface area (Å²) in [5, 5.41) is 3.13. The Hall–Kier alpha value is -3.42. The van der Waals surface area contributed by atoms with Crippen molar-refractivity contribution in [1.82, 2.24) is 15.1 Å². The third-order valence-corrected chi connectivity index (χ3v) is 8.64. The molecule has 1 N–H and O–H groups in total. The van der Waals surface area contributed by atoms with Gasteiger partial charge in [0.25, 0.3) is 0 Å². The van der Waals surface area contributed by atoms with Gasteiger partial charge in [-0.15, -0.1) is 0 Å². The Morgan fingerprint density at radius 3 is 2.37 bits per heavy atom. The molecule has 0 spiro atoms. The van der Waals surface area contributed by atoms with Crippen LogP contribution in [0.25, 0.3) is 0 Å². The van der Waals surface area contributed by atoms with E-state index >= 15 is 0 Å². The highest BCUT2D eigenvalue weighted by molar-refractivity contribution is 5.75. The van der Waals surface area contributed by atoms with Gasteiger partial charge in [-0.25, -0.2) is 4.39 Å². The maximum absolute atomic E-state index is 14.4. The highest BCUT2D eigenvalue weighted by Crippen LogP contribution is 2.29. The lowest BCUT2D eigenvalue weighted by Crippen LogP contribution is -2.56. The van der Waals surface area contributed by atoms with Crippen LogP contribution in [0.4, 0.5) is 10.1 Å². The molecule has 0 radical (unpaired) electrons. The van der Waals surface area contributed by atoms with Crippen molar-refractivity contribution in [2.24, 2.45) is 5.92 Å². The van der Waals surface area contributed by atoms with Crippen molar-refractivity contribution in [3.05, 3.63) is 95.8 Å². The fourth-order valence-corrected chi connectivity index (χ4v) is 6.39. The maximum Gasteiger partial charge on any atom is 0.220 e. The minimum absolute atomic E-state index is 0.127. The number of halogens is 1. The van der Waals surface area contributed by atoms with Gasteiger partial charge in [-0.1, -0.05) is 54.6 Å². The quantitative estimate of drug-likeness (QED) is 0.360. The Labute approximate surface area is 244 Å². The van der Waals surface area contributed by atoms with Gasteiger partial charge in [0.15, 0.2) is 0 Å². The van der Waals surface area contributed by atoms with Crippen LogP contribution in [-0.2, 0) is 17.8 Å². The number of benzene rings is 3. The van der Waals surface area contributed by atoms with E-state index < -0.39 is 0 Å². The Bertz CT molecular complexity index is 1230. The van der Waals surface area contributed by atoms with Crippen LogP contribution < -0.4 is 15.0 Å². The van der Waals surface area contributed by atoms with Gasteiger partial charge in [-0.2, -0.15) is 0 Å². The number of hydrogen-bond donors (Lipinski definition) is 1. The van der Waals surface area contributed by atoms with Gasteiger partial charge in [0.05, 0.1) is 12.8 Å². The van der Waals surface area contributed by atoms with Gasteiger partial charge in [0.1, 0.15) is 11.6 Å². The van der Waals surface area contributed by atoms with Crippen LogP contribution in [0.1, 0.15) is 30.4 Å². The van der Waals surface area contributed by atoms with Crippen molar-refractivity contribution >= 4 is 11.6 Å². The number of likely N-dealkylation sites (tertiary alicyclic amines) is 1. The number of rotatable bonds is 11. The first-order valence-corrected chi connectivity index (χ1v) is 15.0. The van der Waals surface area contributed by atoms with E-state index in [4.69, 9.17) is 4.74 Å². The second-order valence-corrected chi connectivity index (χ2v) is 11.3. The van der Waals surface area contributed by atoms with Crippen molar-refractivity contribution < 1.29 is 13.9 Å². The summed E-state index contributed by atoms with van der Waals surface area (Å²) in [4.78, 5) is 20.2. The number of nitrogens with zero attached hydrogens (tertiary/aromatic N) is 3. The Kier molecular flexibility index (Phi) is 10.3. The molecule has 0 saturated carbocycles. The average Bonchev–Trinajstić information content (AvgIpc) is 3.01. The van der Waals surface area contributed by atoms with Gasteiger partial charge in [-0.05, 0) is 67.1 Å². The molecule has 3 aromatic carbocycles. The number of ether oxygens (including phenoxy) is 1. The number of hydrogen-bond acceptors (Lipinski definition) is 5. The van der Waals surface area contributed by atoms with Crippen LogP contribution in [-0.4, -0.2) is 74.7 Å². The van der Waals surface area contributed by atoms with Crippen molar-refractivity contribution in [2.75, 3.05) is 57.8 Å². The Morgan fingerprint density at radius 1 is 0.902 bits per heavy atom. The van der Waals surface area contributed by atoms with E-state index in [1.54, 1.807) is 19.2 Å².